The van der Waals surface area contributed by atoms with Gasteiger partial charge in [0.2, 0.25) is 11.9 Å². The molecule has 3 N–H and O–H groups in total. The van der Waals surface area contributed by atoms with Gasteiger partial charge >= 0.3 is 5.69 Å². The lowest BCUT2D eigenvalue weighted by atomic mass is 9.92. The summed E-state index contributed by atoms with van der Waals surface area (Å²) >= 11 is 0. The van der Waals surface area contributed by atoms with Gasteiger partial charge in [0, 0.05) is 33.9 Å². The number of nitro benzene ring substituents is 2. The van der Waals surface area contributed by atoms with Crippen molar-refractivity contribution >= 4 is 72.7 Å². The predicted octanol–water partition coefficient (Wildman–Crippen LogP) is 19.2. The standard InChI is InChI=1S/C10H8N2O5.C10H9NO3.C10H7NO3.C10H7NO2.C10H10O.C10H8O.C10H8.4CH4/c13-11(14)9-6-5-7-3-1-2-4-8(7)10(9)17-12(15)16;12-11(13)14-10-7-3-5-8-4-1-2-6-9(8)10;12-10-8-4-2-1-3-7(8)5-6-9(10)11(13)14;12-11(13)10-6-5-8-3-1-2-4-9(8)7-10;2*11-10-7-3-5-8-4-1-2-6-9(8)10;1-2-6-10-8-4-3-7-9(10)5-1;;;;/h1-6,9-10H;1-6,10H,7H2;1-6,12H;1-7H;1-6,10-11H,7H2;1-7,11H;1-8H;4*1H4. The van der Waals surface area contributed by atoms with E-state index in [-0.39, 0.29) is 57.9 Å². The minimum atomic E-state index is -1.24. The Hall–Kier alpha value is -12.2. The molecule has 11 aromatic rings. The second kappa shape index (κ2) is 36.5. The van der Waals surface area contributed by atoms with Crippen LogP contribution in [0.1, 0.15) is 94.2 Å². The number of phenolic OH excluding ortho intramolecular Hbond substituents is 2. The van der Waals surface area contributed by atoms with E-state index in [9.17, 15) is 65.9 Å². The predicted molar refractivity (Wildman–Crippen MR) is 372 cm³/mol. The first-order chi connectivity index (χ1) is 43.6. The van der Waals surface area contributed by atoms with Crippen molar-refractivity contribution in [1.29, 1.82) is 0 Å². The summed E-state index contributed by atoms with van der Waals surface area (Å²) in [6.07, 6.45) is 10.1. The smallest absolute Gasteiger partial charge is 0.311 e. The molecule has 0 fully saturated rings. The van der Waals surface area contributed by atoms with Crippen LogP contribution in [-0.4, -0.2) is 46.3 Å². The van der Waals surface area contributed by atoms with Crippen LogP contribution < -0.4 is 0 Å². The van der Waals surface area contributed by atoms with E-state index >= 15 is 0 Å². The molecule has 3 aliphatic rings. The number of aliphatic hydroxyl groups is 1. The number of fused-ring (bicyclic) bond motifs is 7. The first-order valence-corrected chi connectivity index (χ1v) is 27.9. The van der Waals surface area contributed by atoms with Crippen LogP contribution in [0.2, 0.25) is 0 Å². The monoisotopic (exact) mass is 1270 g/mol. The van der Waals surface area contributed by atoms with E-state index < -0.39 is 38.3 Å². The van der Waals surface area contributed by atoms with Gasteiger partial charge in [-0.15, -0.1) is 20.2 Å². The number of hydrogen-bond donors (Lipinski definition) is 3. The zero-order valence-corrected chi connectivity index (χ0v) is 47.8. The molecule has 20 heteroatoms. The fraction of sp³-hybridized carbons (Fsp3) is 0.135. The molecule has 11 aromatic carbocycles. The number of phenols is 2. The molecule has 0 aliphatic heterocycles. The van der Waals surface area contributed by atoms with Gasteiger partial charge in [0.1, 0.15) is 11.9 Å². The molecule has 4 unspecified atom stereocenters. The molecule has 0 spiro atoms. The topological polar surface area (TPSA) is 295 Å². The minimum Gasteiger partial charge on any atom is -0.507 e. The summed E-state index contributed by atoms with van der Waals surface area (Å²) < 4.78 is 0. The number of non-ortho nitro benzene ring substituents is 1. The highest BCUT2D eigenvalue weighted by atomic mass is 17.0. The van der Waals surface area contributed by atoms with Crippen molar-refractivity contribution in [3.63, 3.8) is 0 Å². The van der Waals surface area contributed by atoms with Gasteiger partial charge in [0.05, 0.1) is 16.0 Å². The number of aliphatic hydroxyl groups excluding tert-OH is 1. The van der Waals surface area contributed by atoms with Crippen molar-refractivity contribution in [2.24, 2.45) is 0 Å². The Morgan fingerprint density at radius 1 is 0.394 bits per heavy atom. The van der Waals surface area contributed by atoms with Gasteiger partial charge in [-0.3, -0.25) is 35.2 Å². The number of aromatic hydroxyl groups is 2. The van der Waals surface area contributed by atoms with Gasteiger partial charge in [0.25, 0.3) is 21.9 Å². The quantitative estimate of drug-likeness (QED) is 0.0987. The zero-order chi connectivity index (χ0) is 63.9. The highest BCUT2D eigenvalue weighted by Crippen LogP contribution is 2.35. The van der Waals surface area contributed by atoms with Gasteiger partial charge in [-0.1, -0.05) is 266 Å². The molecule has 20 nitrogen and oxygen atoms in total. The van der Waals surface area contributed by atoms with Crippen LogP contribution in [0, 0.1) is 50.6 Å². The van der Waals surface area contributed by atoms with Crippen molar-refractivity contribution in [2.75, 3.05) is 0 Å². The van der Waals surface area contributed by atoms with Crippen LogP contribution in [-0.2, 0) is 9.68 Å². The number of nitro groups is 3. The summed E-state index contributed by atoms with van der Waals surface area (Å²) in [7, 11) is 0. The molecule has 0 aromatic heterocycles. The maximum atomic E-state index is 10.8. The van der Waals surface area contributed by atoms with Crippen molar-refractivity contribution in [1.82, 2.24) is 0 Å². The molecule has 0 heterocycles. The molecule has 0 bridgehead atoms. The summed E-state index contributed by atoms with van der Waals surface area (Å²) in [5.41, 5.74) is 5.09. The Bertz CT molecular complexity index is 4370. The largest absolute Gasteiger partial charge is 0.507 e. The maximum Gasteiger partial charge on any atom is 0.311 e. The van der Waals surface area contributed by atoms with E-state index in [4.69, 9.17) is 0 Å². The van der Waals surface area contributed by atoms with E-state index in [1.807, 2.05) is 133 Å². The van der Waals surface area contributed by atoms with Crippen LogP contribution in [0.25, 0.3) is 61.3 Å². The van der Waals surface area contributed by atoms with E-state index in [0.717, 1.165) is 55.6 Å². The van der Waals surface area contributed by atoms with E-state index in [2.05, 4.69) is 64.3 Å². The molecular weight excluding hydrogens is 1200 g/mol. The number of rotatable bonds is 7. The second-order valence-electron chi connectivity index (χ2n) is 19.9. The summed E-state index contributed by atoms with van der Waals surface area (Å²) in [5, 5.41) is 86.9. The van der Waals surface area contributed by atoms with Crippen LogP contribution in [0.3, 0.4) is 0 Å². The molecule has 94 heavy (non-hydrogen) atoms. The van der Waals surface area contributed by atoms with E-state index in [1.165, 1.54) is 29.0 Å². The SMILES string of the molecule is C.C.C.C.O=[N+]([O-])OC1CC=Cc2ccccc21.O=[N+]([O-])OC1c2ccccc2C=CC1[N+](=O)[O-].O=[N+]([O-])c1ccc2ccccc2c1.O=[N+]([O-])c1ccc2ccccc2c1O.OC1CC=Cc2ccccc21.Oc1cccc2ccccc12.c1ccc2ccccc2c1. The summed E-state index contributed by atoms with van der Waals surface area (Å²) in [6.45, 7) is 0. The average molecular weight is 1270 g/mol. The third-order valence-electron chi connectivity index (χ3n) is 14.2. The van der Waals surface area contributed by atoms with Crippen molar-refractivity contribution < 1.29 is 49.9 Å². The Morgan fingerprint density at radius 2 is 0.819 bits per heavy atom. The molecule has 3 aliphatic carbocycles. The van der Waals surface area contributed by atoms with Crippen LogP contribution in [0.5, 0.6) is 11.5 Å². The summed E-state index contributed by atoms with van der Waals surface area (Å²) in [6, 6.07) is 73.3. The molecule has 4 atom stereocenters. The van der Waals surface area contributed by atoms with Crippen molar-refractivity contribution in [3.8, 4) is 11.5 Å². The maximum absolute atomic E-state index is 10.8. The lowest BCUT2D eigenvalue weighted by Gasteiger charge is -2.22. The van der Waals surface area contributed by atoms with Crippen LogP contribution in [0.4, 0.5) is 11.4 Å². The Balaban J connectivity index is 0.000000233. The summed E-state index contributed by atoms with van der Waals surface area (Å²) in [5.74, 6) is 0.0798. The lowest BCUT2D eigenvalue weighted by Crippen LogP contribution is -2.31. The lowest BCUT2D eigenvalue weighted by molar-refractivity contribution is -0.779. The van der Waals surface area contributed by atoms with E-state index in [0.29, 0.717) is 28.7 Å². The van der Waals surface area contributed by atoms with Crippen molar-refractivity contribution in [3.05, 3.63) is 345 Å². The normalized spacial score (nSPS) is 14.4. The molecule has 0 radical (unpaired) electrons. The van der Waals surface area contributed by atoms with Crippen LogP contribution >= 0.6 is 0 Å². The fourth-order valence-electron chi connectivity index (χ4n) is 9.85. The van der Waals surface area contributed by atoms with Gasteiger partial charge in [-0.05, 0) is 103 Å². The number of benzene rings is 11. The molecule has 0 saturated heterocycles. The Morgan fingerprint density at radius 3 is 1.34 bits per heavy atom. The average Bonchev–Trinajstić information content (AvgIpc) is 0.835. The molecule has 14 rings (SSSR count). The fourth-order valence-corrected chi connectivity index (χ4v) is 9.85. The highest BCUT2D eigenvalue weighted by molar-refractivity contribution is 5.91. The third kappa shape index (κ3) is 20.2. The highest BCUT2D eigenvalue weighted by Gasteiger charge is 2.37. The van der Waals surface area contributed by atoms with Gasteiger partial charge in [0.15, 0.2) is 0 Å². The third-order valence-corrected chi connectivity index (χ3v) is 14.2. The summed E-state index contributed by atoms with van der Waals surface area (Å²) in [4.78, 5) is 59.8. The number of hydrogen-bond acceptors (Lipinski definition) is 15. The Labute approximate surface area is 543 Å². The first-order valence-electron chi connectivity index (χ1n) is 27.9. The van der Waals surface area contributed by atoms with Crippen molar-refractivity contribution in [2.45, 2.75) is 66.9 Å². The van der Waals surface area contributed by atoms with E-state index in [1.54, 1.807) is 72.8 Å². The molecule has 484 valence electrons. The van der Waals surface area contributed by atoms with Gasteiger partial charge in [-0.2, -0.15) is 0 Å². The molecule has 0 amide bonds. The first kappa shape index (κ1) is 74.3. The Kier molecular flexibility index (Phi) is 28.8. The second-order valence-corrected chi connectivity index (χ2v) is 19.9. The number of nitrogens with zero attached hydrogens (tertiary/aromatic N) is 5. The zero-order valence-electron chi connectivity index (χ0n) is 47.8. The van der Waals surface area contributed by atoms with Crippen LogP contribution in [0.15, 0.2) is 261 Å². The molecular formula is C74H73N5O15. The van der Waals surface area contributed by atoms with Gasteiger partial charge < -0.3 is 20.2 Å². The molecule has 0 saturated carbocycles. The van der Waals surface area contributed by atoms with Gasteiger partial charge in [-0.25, -0.2) is 0 Å². The minimum absolute atomic E-state index is 0.